The summed E-state index contributed by atoms with van der Waals surface area (Å²) in [7, 11) is 0. The lowest BCUT2D eigenvalue weighted by Gasteiger charge is -1.99. The van der Waals surface area contributed by atoms with Crippen LogP contribution in [0, 0.1) is 0 Å². The molecular weight excluding hydrogens is 138 g/mol. The third-order valence-electron chi connectivity index (χ3n) is 2.01. The van der Waals surface area contributed by atoms with Crippen molar-refractivity contribution in [1.29, 1.82) is 0 Å². The van der Waals surface area contributed by atoms with Gasteiger partial charge >= 0.3 is 0 Å². The Hall–Kier alpha value is -1.02. The number of nitrogen functional groups attached to an aromatic ring is 1. The Morgan fingerprint density at radius 2 is 2.00 bits per heavy atom. The summed E-state index contributed by atoms with van der Waals surface area (Å²) >= 11 is 0. The summed E-state index contributed by atoms with van der Waals surface area (Å²) in [6, 6.07) is 7.85. The predicted octanol–water partition coefficient (Wildman–Crippen LogP) is 1.73. The minimum atomic E-state index is 0.246. The van der Waals surface area contributed by atoms with E-state index in [4.69, 9.17) is 10.5 Å². The van der Waals surface area contributed by atoms with Gasteiger partial charge < -0.3 is 10.5 Å². The van der Waals surface area contributed by atoms with E-state index < -0.39 is 0 Å². The summed E-state index contributed by atoms with van der Waals surface area (Å²) in [6.45, 7) is 2.05. The van der Waals surface area contributed by atoms with Crippen LogP contribution in [0.2, 0.25) is 0 Å². The van der Waals surface area contributed by atoms with Crippen LogP contribution < -0.4 is 5.73 Å². The second kappa shape index (κ2) is 2.24. The summed E-state index contributed by atoms with van der Waals surface area (Å²) in [5.41, 5.74) is 7.70. The summed E-state index contributed by atoms with van der Waals surface area (Å²) in [5, 5.41) is 0. The molecule has 0 bridgehead atoms. The SMILES string of the molecule is CC1OC1c1ccccc1N. The van der Waals surface area contributed by atoms with E-state index in [2.05, 4.69) is 6.92 Å². The lowest BCUT2D eigenvalue weighted by atomic mass is 10.1. The van der Waals surface area contributed by atoms with Crippen molar-refractivity contribution in [2.75, 3.05) is 5.73 Å². The molecule has 58 valence electrons. The molecule has 2 heteroatoms. The summed E-state index contributed by atoms with van der Waals surface area (Å²) in [5.74, 6) is 0. The van der Waals surface area contributed by atoms with Crippen LogP contribution in [0.3, 0.4) is 0 Å². The first-order chi connectivity index (χ1) is 5.29. The van der Waals surface area contributed by atoms with E-state index in [-0.39, 0.29) is 6.10 Å². The van der Waals surface area contributed by atoms with Gasteiger partial charge in [0.1, 0.15) is 6.10 Å². The third-order valence-corrected chi connectivity index (χ3v) is 2.01. The number of para-hydroxylation sites is 1. The van der Waals surface area contributed by atoms with Gasteiger partial charge in [-0.1, -0.05) is 18.2 Å². The second-order valence-electron chi connectivity index (χ2n) is 2.89. The van der Waals surface area contributed by atoms with E-state index in [0.717, 1.165) is 11.3 Å². The maximum Gasteiger partial charge on any atom is 0.111 e. The van der Waals surface area contributed by atoms with Gasteiger partial charge in [-0.2, -0.15) is 0 Å². The number of rotatable bonds is 1. The monoisotopic (exact) mass is 149 g/mol. The van der Waals surface area contributed by atoms with Crippen LogP contribution in [0.15, 0.2) is 24.3 Å². The summed E-state index contributed by atoms with van der Waals surface area (Å²) < 4.78 is 5.30. The van der Waals surface area contributed by atoms with Crippen molar-refractivity contribution in [3.05, 3.63) is 29.8 Å². The normalized spacial score (nSPS) is 28.5. The Morgan fingerprint density at radius 3 is 2.55 bits per heavy atom. The highest BCUT2D eigenvalue weighted by Crippen LogP contribution is 2.40. The molecule has 1 fully saturated rings. The Labute approximate surface area is 66.0 Å². The molecule has 1 aromatic carbocycles. The number of hydrogen-bond donors (Lipinski definition) is 1. The molecule has 2 nitrogen and oxygen atoms in total. The molecule has 1 aromatic rings. The van der Waals surface area contributed by atoms with Crippen molar-refractivity contribution < 1.29 is 4.74 Å². The van der Waals surface area contributed by atoms with E-state index in [1.165, 1.54) is 0 Å². The van der Waals surface area contributed by atoms with Crippen molar-refractivity contribution in [1.82, 2.24) is 0 Å². The maximum atomic E-state index is 5.74. The minimum absolute atomic E-state index is 0.246. The van der Waals surface area contributed by atoms with Crippen LogP contribution in [-0.2, 0) is 4.74 Å². The zero-order valence-corrected chi connectivity index (χ0v) is 6.45. The first-order valence-electron chi connectivity index (χ1n) is 3.79. The molecule has 11 heavy (non-hydrogen) atoms. The van der Waals surface area contributed by atoms with Gasteiger partial charge in [0.2, 0.25) is 0 Å². The highest BCUT2D eigenvalue weighted by atomic mass is 16.6. The van der Waals surface area contributed by atoms with Gasteiger partial charge in [0.05, 0.1) is 6.10 Å². The minimum Gasteiger partial charge on any atom is -0.398 e. The standard InChI is InChI=1S/C9H11NO/c1-6-9(11-6)7-4-2-3-5-8(7)10/h2-6,9H,10H2,1H3. The average molecular weight is 149 g/mol. The van der Waals surface area contributed by atoms with Crippen molar-refractivity contribution in [3.63, 3.8) is 0 Å². The molecule has 1 aliphatic rings. The van der Waals surface area contributed by atoms with Gasteiger partial charge in [-0.3, -0.25) is 0 Å². The fourth-order valence-corrected chi connectivity index (χ4v) is 1.28. The fourth-order valence-electron chi connectivity index (χ4n) is 1.28. The number of hydrogen-bond acceptors (Lipinski definition) is 2. The second-order valence-corrected chi connectivity index (χ2v) is 2.89. The number of benzene rings is 1. The molecule has 2 unspecified atom stereocenters. The topological polar surface area (TPSA) is 38.5 Å². The Kier molecular flexibility index (Phi) is 1.36. The highest BCUT2D eigenvalue weighted by Gasteiger charge is 2.36. The van der Waals surface area contributed by atoms with Crippen molar-refractivity contribution >= 4 is 5.69 Å². The van der Waals surface area contributed by atoms with Crippen LogP contribution in [-0.4, -0.2) is 6.10 Å². The molecule has 2 atom stereocenters. The van der Waals surface area contributed by atoms with Crippen LogP contribution >= 0.6 is 0 Å². The molecular formula is C9H11NO. The van der Waals surface area contributed by atoms with Gasteiger partial charge in [-0.25, -0.2) is 0 Å². The molecule has 0 spiro atoms. The summed E-state index contributed by atoms with van der Waals surface area (Å²) in [4.78, 5) is 0. The maximum absolute atomic E-state index is 5.74. The van der Waals surface area contributed by atoms with Crippen LogP contribution in [0.4, 0.5) is 5.69 Å². The molecule has 0 aromatic heterocycles. The molecule has 2 rings (SSSR count). The van der Waals surface area contributed by atoms with Crippen molar-refractivity contribution in [2.24, 2.45) is 0 Å². The molecule has 2 N–H and O–H groups in total. The number of epoxide rings is 1. The third kappa shape index (κ3) is 1.10. The first kappa shape index (κ1) is 6.68. The molecule has 1 aliphatic heterocycles. The summed E-state index contributed by atoms with van der Waals surface area (Å²) in [6.07, 6.45) is 0.593. The average Bonchev–Trinajstić information content (AvgIpc) is 2.68. The van der Waals surface area contributed by atoms with Crippen LogP contribution in [0.1, 0.15) is 18.6 Å². The lowest BCUT2D eigenvalue weighted by molar-refractivity contribution is 0.383. The number of anilines is 1. The Bertz CT molecular complexity index is 272. The first-order valence-corrected chi connectivity index (χ1v) is 3.79. The molecule has 0 amide bonds. The van der Waals surface area contributed by atoms with Gasteiger partial charge in [0.15, 0.2) is 0 Å². The van der Waals surface area contributed by atoms with Crippen LogP contribution in [0.5, 0.6) is 0 Å². The van der Waals surface area contributed by atoms with E-state index in [9.17, 15) is 0 Å². The molecule has 0 saturated carbocycles. The predicted molar refractivity (Wildman–Crippen MR) is 44.1 cm³/mol. The van der Waals surface area contributed by atoms with E-state index >= 15 is 0 Å². The molecule has 0 radical (unpaired) electrons. The zero-order valence-electron chi connectivity index (χ0n) is 6.45. The fraction of sp³-hybridized carbons (Fsp3) is 0.333. The van der Waals surface area contributed by atoms with Crippen LogP contribution in [0.25, 0.3) is 0 Å². The Balaban J connectivity index is 2.31. The van der Waals surface area contributed by atoms with Crippen molar-refractivity contribution in [3.8, 4) is 0 Å². The quantitative estimate of drug-likeness (QED) is 0.487. The molecule has 0 aliphatic carbocycles. The van der Waals surface area contributed by atoms with E-state index in [0.29, 0.717) is 6.10 Å². The van der Waals surface area contributed by atoms with Gasteiger partial charge in [0, 0.05) is 11.3 Å². The Morgan fingerprint density at radius 1 is 1.36 bits per heavy atom. The van der Waals surface area contributed by atoms with Gasteiger partial charge in [-0.15, -0.1) is 0 Å². The van der Waals surface area contributed by atoms with E-state index in [1.807, 2.05) is 24.3 Å². The smallest absolute Gasteiger partial charge is 0.111 e. The largest absolute Gasteiger partial charge is 0.398 e. The van der Waals surface area contributed by atoms with Gasteiger partial charge in [0.25, 0.3) is 0 Å². The molecule has 1 saturated heterocycles. The van der Waals surface area contributed by atoms with Crippen molar-refractivity contribution in [2.45, 2.75) is 19.1 Å². The number of nitrogens with two attached hydrogens (primary N) is 1. The lowest BCUT2D eigenvalue weighted by Crippen LogP contribution is -1.92. The molecule has 1 heterocycles. The number of ether oxygens (including phenoxy) is 1. The zero-order chi connectivity index (χ0) is 7.84. The van der Waals surface area contributed by atoms with E-state index in [1.54, 1.807) is 0 Å². The highest BCUT2D eigenvalue weighted by molar-refractivity contribution is 5.49. The van der Waals surface area contributed by atoms with Gasteiger partial charge in [-0.05, 0) is 13.0 Å².